The lowest BCUT2D eigenvalue weighted by atomic mass is 10.4. The minimum absolute atomic E-state index is 0.0519. The van der Waals surface area contributed by atoms with Crippen LogP contribution < -0.4 is 15.2 Å². The Labute approximate surface area is 169 Å². The van der Waals surface area contributed by atoms with Crippen LogP contribution in [-0.2, 0) is 14.8 Å². The van der Waals surface area contributed by atoms with Gasteiger partial charge in [-0.25, -0.2) is 18.4 Å². The number of nitrogens with zero attached hydrogens (tertiary/aromatic N) is 2. The number of sulfonamides is 1. The van der Waals surface area contributed by atoms with E-state index >= 15 is 0 Å². The average molecular weight is 453 g/mol. The van der Waals surface area contributed by atoms with Gasteiger partial charge in [0.2, 0.25) is 5.82 Å². The Morgan fingerprint density at radius 2 is 2.15 bits per heavy atom. The van der Waals surface area contributed by atoms with Crippen LogP contribution in [0.25, 0.3) is 0 Å². The number of methoxy groups -OCH3 is 1. The van der Waals surface area contributed by atoms with Crippen molar-refractivity contribution in [3.8, 4) is 5.88 Å². The number of carbonyl (C=O) groups is 1. The van der Waals surface area contributed by atoms with E-state index in [4.69, 9.17) is 38.8 Å². The molecule has 146 valence electrons. The summed E-state index contributed by atoms with van der Waals surface area (Å²) in [6.45, 7) is 0. The van der Waals surface area contributed by atoms with Gasteiger partial charge in [-0.05, 0) is 12.1 Å². The second-order valence-electron chi connectivity index (χ2n) is 4.98. The van der Waals surface area contributed by atoms with E-state index in [0.717, 1.165) is 11.8 Å². The van der Waals surface area contributed by atoms with Crippen LogP contribution in [0, 0.1) is 0 Å². The minimum Gasteiger partial charge on any atom is -0.480 e. The number of hydrogen-bond acceptors (Lipinski definition) is 8. The van der Waals surface area contributed by atoms with Crippen LogP contribution in [0.1, 0.15) is 0 Å². The quantitative estimate of drug-likeness (QED) is 0.512. The first kappa shape index (κ1) is 21.5. The number of rotatable bonds is 8. The molecule has 0 fully saturated rings. The Morgan fingerprint density at radius 1 is 1.44 bits per heavy atom. The molecule has 2 rings (SSSR count). The fourth-order valence-corrected chi connectivity index (χ4v) is 4.30. The van der Waals surface area contributed by atoms with Gasteiger partial charge < -0.3 is 15.6 Å². The molecule has 0 amide bonds. The van der Waals surface area contributed by atoms with Crippen molar-refractivity contribution < 1.29 is 23.1 Å². The first-order valence-electron chi connectivity index (χ1n) is 7.14. The van der Waals surface area contributed by atoms with E-state index in [1.54, 1.807) is 0 Å². The molecule has 0 unspecified atom stereocenters. The first-order valence-corrected chi connectivity index (χ1v) is 10.4. The third-order valence-corrected chi connectivity index (χ3v) is 6.41. The molecule has 27 heavy (non-hydrogen) atoms. The number of thioether (sulfide) groups is 1. The lowest BCUT2D eigenvalue weighted by Crippen LogP contribution is -2.32. The third kappa shape index (κ3) is 5.36. The van der Waals surface area contributed by atoms with Crippen molar-refractivity contribution in [3.05, 3.63) is 34.4 Å². The summed E-state index contributed by atoms with van der Waals surface area (Å²) in [5, 5.41) is 9.05. The molecule has 0 radical (unpaired) electrons. The van der Waals surface area contributed by atoms with Gasteiger partial charge in [0.05, 0.1) is 23.4 Å². The lowest BCUT2D eigenvalue weighted by Gasteiger charge is -2.12. The van der Waals surface area contributed by atoms with E-state index < -0.39 is 22.0 Å². The predicted octanol–water partition coefficient (Wildman–Crippen LogP) is 2.10. The number of carboxylic acids is 1. The van der Waals surface area contributed by atoms with Gasteiger partial charge >= 0.3 is 5.97 Å². The molecule has 0 bridgehead atoms. The highest BCUT2D eigenvalue weighted by atomic mass is 35.5. The summed E-state index contributed by atoms with van der Waals surface area (Å²) >= 11 is 12.8. The van der Waals surface area contributed by atoms with E-state index in [1.165, 1.54) is 31.5 Å². The van der Waals surface area contributed by atoms with Crippen molar-refractivity contribution in [2.24, 2.45) is 5.73 Å². The number of ether oxygens (including phenoxy) is 1. The second-order valence-corrected chi connectivity index (χ2v) is 8.46. The molecule has 1 aromatic heterocycles. The topological polar surface area (TPSA) is 144 Å². The number of nitrogens with one attached hydrogen (secondary N) is 1. The van der Waals surface area contributed by atoms with Gasteiger partial charge in [-0.1, -0.05) is 29.3 Å². The molecule has 9 nitrogen and oxygen atoms in total. The number of hydrogen-bond donors (Lipinski definition) is 3. The van der Waals surface area contributed by atoms with Crippen LogP contribution in [0.5, 0.6) is 5.88 Å². The maximum absolute atomic E-state index is 12.6. The summed E-state index contributed by atoms with van der Waals surface area (Å²) < 4.78 is 32.4. The Morgan fingerprint density at radius 3 is 2.78 bits per heavy atom. The number of aliphatic carboxylic acids is 1. The van der Waals surface area contributed by atoms with E-state index in [2.05, 4.69) is 14.7 Å². The van der Waals surface area contributed by atoms with Crippen molar-refractivity contribution in [2.75, 3.05) is 17.6 Å². The highest BCUT2D eigenvalue weighted by molar-refractivity contribution is 7.99. The fraction of sp³-hybridized carbons (Fsp3) is 0.214. The van der Waals surface area contributed by atoms with Gasteiger partial charge in [0.1, 0.15) is 16.0 Å². The minimum atomic E-state index is -4.10. The molecule has 1 heterocycles. The maximum Gasteiger partial charge on any atom is 0.321 e. The van der Waals surface area contributed by atoms with Crippen LogP contribution in [0.4, 0.5) is 5.82 Å². The standard InChI is InChI=1S/C14H14Cl2N4O5S2/c1-25-13-12(18-5-10(19-13)26-6-8(17)14(21)22)20-27(23,24)9-4-2-3-7(15)11(9)16/h2-5,8H,6,17H2,1H3,(H,18,20)(H,21,22)/t8-/m1/s1. The number of aromatic nitrogens is 2. The van der Waals surface area contributed by atoms with Crippen LogP contribution in [-0.4, -0.2) is 48.4 Å². The van der Waals surface area contributed by atoms with Crippen LogP contribution in [0.2, 0.25) is 10.0 Å². The Hall–Kier alpha value is -1.79. The van der Waals surface area contributed by atoms with Crippen LogP contribution >= 0.6 is 35.0 Å². The van der Waals surface area contributed by atoms with Crippen molar-refractivity contribution in [1.82, 2.24) is 9.97 Å². The van der Waals surface area contributed by atoms with Gasteiger partial charge in [-0.2, -0.15) is 0 Å². The van der Waals surface area contributed by atoms with Gasteiger partial charge in [-0.15, -0.1) is 11.8 Å². The number of halogens is 2. The maximum atomic E-state index is 12.6. The number of nitrogens with two attached hydrogens (primary N) is 1. The van der Waals surface area contributed by atoms with Crippen molar-refractivity contribution in [3.63, 3.8) is 0 Å². The zero-order valence-corrected chi connectivity index (χ0v) is 16.9. The molecule has 0 aliphatic rings. The van der Waals surface area contributed by atoms with E-state index in [-0.39, 0.29) is 32.4 Å². The molecule has 1 aromatic carbocycles. The number of benzene rings is 1. The SMILES string of the molecule is COc1nc(SC[C@@H](N)C(=O)O)cnc1NS(=O)(=O)c1cccc(Cl)c1Cl. The summed E-state index contributed by atoms with van der Waals surface area (Å²) in [6.07, 6.45) is 1.26. The van der Waals surface area contributed by atoms with E-state index in [1.807, 2.05) is 0 Å². The molecular formula is C14H14Cl2N4O5S2. The van der Waals surface area contributed by atoms with Gasteiger partial charge in [0.15, 0.2) is 0 Å². The normalized spacial score (nSPS) is 12.4. The molecule has 0 saturated carbocycles. The molecule has 13 heteroatoms. The molecule has 4 N–H and O–H groups in total. The van der Waals surface area contributed by atoms with Gasteiger partial charge in [0.25, 0.3) is 15.9 Å². The first-order chi connectivity index (χ1) is 12.7. The Balaban J connectivity index is 2.26. The largest absolute Gasteiger partial charge is 0.480 e. The Bertz CT molecular complexity index is 959. The zero-order chi connectivity index (χ0) is 20.2. The van der Waals surface area contributed by atoms with E-state index in [9.17, 15) is 13.2 Å². The summed E-state index contributed by atoms with van der Waals surface area (Å²) in [5.74, 6) is -1.37. The summed E-state index contributed by atoms with van der Waals surface area (Å²) in [4.78, 5) is 18.6. The van der Waals surface area contributed by atoms with Crippen molar-refractivity contribution >= 4 is 56.8 Å². The molecule has 2 aromatic rings. The number of carboxylic acid groups (broad SMARTS) is 1. The highest BCUT2D eigenvalue weighted by Gasteiger charge is 2.23. The second kappa shape index (κ2) is 8.93. The molecular weight excluding hydrogens is 439 g/mol. The zero-order valence-electron chi connectivity index (χ0n) is 13.7. The van der Waals surface area contributed by atoms with Crippen LogP contribution in [0.3, 0.4) is 0 Å². The van der Waals surface area contributed by atoms with E-state index in [0.29, 0.717) is 5.03 Å². The third-order valence-electron chi connectivity index (χ3n) is 3.08. The molecule has 1 atom stereocenters. The summed E-state index contributed by atoms with van der Waals surface area (Å²) in [6, 6.07) is 3.10. The monoisotopic (exact) mass is 452 g/mol. The average Bonchev–Trinajstić information content (AvgIpc) is 2.62. The van der Waals surface area contributed by atoms with Gasteiger partial charge in [-0.3, -0.25) is 9.52 Å². The highest BCUT2D eigenvalue weighted by Crippen LogP contribution is 2.31. The van der Waals surface area contributed by atoms with Gasteiger partial charge in [0, 0.05) is 5.75 Å². The van der Waals surface area contributed by atoms with Crippen molar-refractivity contribution in [1.29, 1.82) is 0 Å². The molecule has 0 spiro atoms. The molecule has 0 aliphatic carbocycles. The van der Waals surface area contributed by atoms with Crippen LogP contribution in [0.15, 0.2) is 34.3 Å². The Kier molecular flexibility index (Phi) is 7.12. The predicted molar refractivity (Wildman–Crippen MR) is 102 cm³/mol. The smallest absolute Gasteiger partial charge is 0.321 e. The summed E-state index contributed by atoms with van der Waals surface area (Å²) in [7, 11) is -2.82. The lowest BCUT2D eigenvalue weighted by molar-refractivity contribution is -0.137. The molecule has 0 aliphatic heterocycles. The van der Waals surface area contributed by atoms with Crippen molar-refractivity contribution in [2.45, 2.75) is 16.0 Å². The summed E-state index contributed by atoms with van der Waals surface area (Å²) in [5.41, 5.74) is 5.42. The molecule has 0 saturated heterocycles. The fourth-order valence-electron chi connectivity index (χ4n) is 1.76. The number of anilines is 1.